The van der Waals surface area contributed by atoms with Gasteiger partial charge >= 0.3 is 0 Å². The molecule has 1 aliphatic rings. The van der Waals surface area contributed by atoms with Crippen LogP contribution in [-0.2, 0) is 9.53 Å². The normalized spacial score (nSPS) is 13.9. The van der Waals surface area contributed by atoms with Crippen molar-refractivity contribution in [1.29, 1.82) is 0 Å². The summed E-state index contributed by atoms with van der Waals surface area (Å²) in [6, 6.07) is 5.02. The number of likely N-dealkylation sites (tertiary alicyclic amines) is 1. The van der Waals surface area contributed by atoms with Gasteiger partial charge in [0.2, 0.25) is 0 Å². The third-order valence-corrected chi connectivity index (χ3v) is 4.52. The van der Waals surface area contributed by atoms with E-state index in [1.54, 1.807) is 18.2 Å². The third-order valence-electron chi connectivity index (χ3n) is 4.52. The Hall–Kier alpha value is -2.28. The van der Waals surface area contributed by atoms with Gasteiger partial charge in [0.25, 0.3) is 11.8 Å². The molecule has 28 heavy (non-hydrogen) atoms. The molecular formula is C21H32N2O5. The van der Waals surface area contributed by atoms with Crippen molar-refractivity contribution in [3.8, 4) is 11.5 Å². The summed E-state index contributed by atoms with van der Waals surface area (Å²) in [5, 5.41) is 2.86. The first-order valence-corrected chi connectivity index (χ1v) is 10.2. The van der Waals surface area contributed by atoms with Gasteiger partial charge in [-0.1, -0.05) is 0 Å². The molecule has 1 fully saturated rings. The fraction of sp³-hybridized carbons (Fsp3) is 0.619. The van der Waals surface area contributed by atoms with Crippen molar-refractivity contribution < 1.29 is 23.8 Å². The highest BCUT2D eigenvalue weighted by Gasteiger charge is 2.18. The quantitative estimate of drug-likeness (QED) is 0.586. The fourth-order valence-electron chi connectivity index (χ4n) is 3.03. The highest BCUT2D eigenvalue weighted by Crippen LogP contribution is 2.28. The van der Waals surface area contributed by atoms with Crippen molar-refractivity contribution in [3.63, 3.8) is 0 Å². The largest absolute Gasteiger partial charge is 0.490 e. The molecule has 0 aliphatic carbocycles. The van der Waals surface area contributed by atoms with E-state index in [0.717, 1.165) is 32.4 Å². The highest BCUT2D eigenvalue weighted by molar-refractivity contribution is 5.94. The van der Waals surface area contributed by atoms with E-state index in [9.17, 15) is 9.59 Å². The first kappa shape index (κ1) is 22.0. The summed E-state index contributed by atoms with van der Waals surface area (Å²) in [7, 11) is 0. The number of nitrogens with one attached hydrogen (secondary N) is 1. The van der Waals surface area contributed by atoms with E-state index >= 15 is 0 Å². The number of piperidine rings is 1. The molecule has 0 bridgehead atoms. The zero-order valence-electron chi connectivity index (χ0n) is 17.0. The van der Waals surface area contributed by atoms with Gasteiger partial charge in [-0.15, -0.1) is 0 Å². The number of hydrogen-bond donors (Lipinski definition) is 1. The number of benzene rings is 1. The molecular weight excluding hydrogens is 360 g/mol. The molecule has 1 saturated heterocycles. The van der Waals surface area contributed by atoms with Gasteiger partial charge in [-0.3, -0.25) is 9.59 Å². The lowest BCUT2D eigenvalue weighted by Crippen LogP contribution is -2.38. The van der Waals surface area contributed by atoms with Gasteiger partial charge in [0.1, 0.15) is 0 Å². The van der Waals surface area contributed by atoms with Gasteiger partial charge in [0.05, 0.1) is 6.61 Å². The second kappa shape index (κ2) is 12.2. The number of hydrogen-bond acceptors (Lipinski definition) is 5. The Bertz CT molecular complexity index is 629. The number of amides is 2. The summed E-state index contributed by atoms with van der Waals surface area (Å²) in [5.74, 6) is 0.752. The van der Waals surface area contributed by atoms with Crippen LogP contribution in [0.2, 0.25) is 0 Å². The smallest absolute Gasteiger partial charge is 0.260 e. The topological polar surface area (TPSA) is 77.1 Å². The van der Waals surface area contributed by atoms with Crippen LogP contribution in [0.1, 0.15) is 49.9 Å². The van der Waals surface area contributed by atoms with Crippen LogP contribution in [0.15, 0.2) is 18.2 Å². The van der Waals surface area contributed by atoms with E-state index in [-0.39, 0.29) is 18.4 Å². The number of ether oxygens (including phenoxy) is 3. The lowest BCUT2D eigenvalue weighted by atomic mass is 10.1. The summed E-state index contributed by atoms with van der Waals surface area (Å²) in [5.41, 5.74) is 0.495. The Kier molecular flexibility index (Phi) is 9.62. The fourth-order valence-corrected chi connectivity index (χ4v) is 3.03. The monoisotopic (exact) mass is 392 g/mol. The van der Waals surface area contributed by atoms with Crippen molar-refractivity contribution >= 4 is 11.8 Å². The Balaban J connectivity index is 1.91. The molecule has 1 heterocycles. The second-order valence-corrected chi connectivity index (χ2v) is 6.63. The molecule has 1 aromatic carbocycles. The van der Waals surface area contributed by atoms with Crippen LogP contribution in [0.5, 0.6) is 11.5 Å². The van der Waals surface area contributed by atoms with Crippen LogP contribution >= 0.6 is 0 Å². The molecule has 0 spiro atoms. The number of rotatable bonds is 11. The minimum Gasteiger partial charge on any atom is -0.490 e. The highest BCUT2D eigenvalue weighted by atomic mass is 16.5. The summed E-state index contributed by atoms with van der Waals surface area (Å²) in [6.45, 7) is 7.66. The van der Waals surface area contributed by atoms with Crippen LogP contribution in [-0.4, -0.2) is 62.8 Å². The SMILES string of the molecule is CCOCCCNC(=O)c1ccc(OCC(=O)N2CCCCC2)c(OCC)c1. The predicted octanol–water partition coefficient (Wildman–Crippen LogP) is 2.63. The van der Waals surface area contributed by atoms with Crippen molar-refractivity contribution in [3.05, 3.63) is 23.8 Å². The Morgan fingerprint density at radius 3 is 2.54 bits per heavy atom. The predicted molar refractivity (Wildman–Crippen MR) is 107 cm³/mol. The summed E-state index contributed by atoms with van der Waals surface area (Å²) in [4.78, 5) is 26.4. The van der Waals surface area contributed by atoms with E-state index in [0.29, 0.717) is 43.4 Å². The molecule has 0 unspecified atom stereocenters. The Morgan fingerprint density at radius 2 is 1.82 bits per heavy atom. The van der Waals surface area contributed by atoms with Crippen molar-refractivity contribution in [2.45, 2.75) is 39.5 Å². The molecule has 0 atom stereocenters. The van der Waals surface area contributed by atoms with Crippen LogP contribution in [0.4, 0.5) is 0 Å². The van der Waals surface area contributed by atoms with Crippen LogP contribution < -0.4 is 14.8 Å². The Morgan fingerprint density at radius 1 is 1.04 bits per heavy atom. The van der Waals surface area contributed by atoms with Crippen molar-refractivity contribution in [2.24, 2.45) is 0 Å². The molecule has 1 aromatic rings. The van der Waals surface area contributed by atoms with Gasteiger partial charge in [0, 0.05) is 38.4 Å². The zero-order chi connectivity index (χ0) is 20.2. The third kappa shape index (κ3) is 7.03. The molecule has 1 N–H and O–H groups in total. The standard InChI is InChI=1S/C21H32N2O5/c1-3-26-14-8-11-22-21(25)17-9-10-18(19(15-17)27-4-2)28-16-20(24)23-12-6-5-7-13-23/h9-10,15H,3-8,11-14,16H2,1-2H3,(H,22,25). The van der Waals surface area contributed by atoms with E-state index in [1.807, 2.05) is 18.7 Å². The zero-order valence-corrected chi connectivity index (χ0v) is 17.0. The average Bonchev–Trinajstić information content (AvgIpc) is 2.73. The maximum absolute atomic E-state index is 12.3. The minimum atomic E-state index is -0.173. The van der Waals surface area contributed by atoms with Gasteiger partial charge in [0.15, 0.2) is 18.1 Å². The molecule has 0 aromatic heterocycles. The molecule has 0 saturated carbocycles. The number of carbonyl (C=O) groups is 2. The first-order chi connectivity index (χ1) is 13.7. The van der Waals surface area contributed by atoms with Crippen molar-refractivity contribution in [2.75, 3.05) is 46.1 Å². The van der Waals surface area contributed by atoms with Gasteiger partial charge < -0.3 is 24.4 Å². The lowest BCUT2D eigenvalue weighted by molar-refractivity contribution is -0.134. The van der Waals surface area contributed by atoms with Gasteiger partial charge in [-0.2, -0.15) is 0 Å². The maximum Gasteiger partial charge on any atom is 0.260 e. The molecule has 2 rings (SSSR count). The average molecular weight is 392 g/mol. The van der Waals surface area contributed by atoms with Gasteiger partial charge in [-0.25, -0.2) is 0 Å². The first-order valence-electron chi connectivity index (χ1n) is 10.2. The van der Waals surface area contributed by atoms with E-state index in [2.05, 4.69) is 5.32 Å². The Labute approximate surface area is 167 Å². The van der Waals surface area contributed by atoms with Crippen LogP contribution in [0, 0.1) is 0 Å². The molecule has 156 valence electrons. The number of carbonyl (C=O) groups excluding carboxylic acids is 2. The van der Waals surface area contributed by atoms with E-state index in [4.69, 9.17) is 14.2 Å². The molecule has 7 nitrogen and oxygen atoms in total. The van der Waals surface area contributed by atoms with Crippen molar-refractivity contribution in [1.82, 2.24) is 10.2 Å². The molecule has 7 heteroatoms. The van der Waals surface area contributed by atoms with Crippen LogP contribution in [0.25, 0.3) is 0 Å². The van der Waals surface area contributed by atoms with E-state index in [1.165, 1.54) is 6.42 Å². The summed E-state index contributed by atoms with van der Waals surface area (Å²) >= 11 is 0. The number of nitrogens with zero attached hydrogens (tertiary/aromatic N) is 1. The molecule has 1 aliphatic heterocycles. The molecule has 2 amide bonds. The summed E-state index contributed by atoms with van der Waals surface area (Å²) in [6.07, 6.45) is 4.03. The van der Waals surface area contributed by atoms with E-state index < -0.39 is 0 Å². The van der Waals surface area contributed by atoms with Crippen LogP contribution in [0.3, 0.4) is 0 Å². The summed E-state index contributed by atoms with van der Waals surface area (Å²) < 4.78 is 16.6. The van der Waals surface area contributed by atoms with Gasteiger partial charge in [-0.05, 0) is 57.7 Å². The lowest BCUT2D eigenvalue weighted by Gasteiger charge is -2.26. The second-order valence-electron chi connectivity index (χ2n) is 6.63. The minimum absolute atomic E-state index is 0.0155. The molecule has 0 radical (unpaired) electrons. The maximum atomic E-state index is 12.3.